The van der Waals surface area contributed by atoms with E-state index in [9.17, 15) is 4.79 Å². The summed E-state index contributed by atoms with van der Waals surface area (Å²) in [6.45, 7) is 6.55. The van der Waals surface area contributed by atoms with Crippen LogP contribution >= 0.6 is 0 Å². The molecule has 1 aromatic rings. The van der Waals surface area contributed by atoms with Gasteiger partial charge in [-0.3, -0.25) is 4.79 Å². The van der Waals surface area contributed by atoms with Crippen molar-refractivity contribution < 1.29 is 14.3 Å². The molecule has 1 fully saturated rings. The van der Waals surface area contributed by atoms with Gasteiger partial charge in [-0.15, -0.1) is 0 Å². The third kappa shape index (κ3) is 3.18. The van der Waals surface area contributed by atoms with E-state index < -0.39 is 0 Å². The lowest BCUT2D eigenvalue weighted by Gasteiger charge is -2.47. The van der Waals surface area contributed by atoms with Crippen LogP contribution in [0, 0.1) is 5.92 Å². The Morgan fingerprint density at radius 3 is 2.79 bits per heavy atom. The van der Waals surface area contributed by atoms with Crippen LogP contribution in [0.25, 0.3) is 0 Å². The first kappa shape index (κ1) is 17.3. The highest BCUT2D eigenvalue weighted by molar-refractivity contribution is 5.81. The average Bonchev–Trinajstić information content (AvgIpc) is 2.53. The summed E-state index contributed by atoms with van der Waals surface area (Å²) in [6.07, 6.45) is 6.91. The van der Waals surface area contributed by atoms with Crippen LogP contribution in [0.5, 0.6) is 11.5 Å². The zero-order valence-electron chi connectivity index (χ0n) is 15.5. The second-order valence-corrected chi connectivity index (χ2v) is 7.87. The van der Waals surface area contributed by atoms with Crippen LogP contribution in [0.15, 0.2) is 12.1 Å². The van der Waals surface area contributed by atoms with Crippen LogP contribution < -0.4 is 9.47 Å². The van der Waals surface area contributed by atoms with Gasteiger partial charge < -0.3 is 9.47 Å². The third-order valence-corrected chi connectivity index (χ3v) is 5.76. The number of carbonyl (C=O) groups is 1. The van der Waals surface area contributed by atoms with Gasteiger partial charge in [0.1, 0.15) is 22.9 Å². The first-order chi connectivity index (χ1) is 11.5. The van der Waals surface area contributed by atoms with E-state index in [1.165, 1.54) is 24.8 Å². The third-order valence-electron chi connectivity index (χ3n) is 5.76. The largest absolute Gasteiger partial charge is 0.496 e. The van der Waals surface area contributed by atoms with E-state index in [0.29, 0.717) is 24.5 Å². The quantitative estimate of drug-likeness (QED) is 0.709. The summed E-state index contributed by atoms with van der Waals surface area (Å²) in [7, 11) is 1.73. The smallest absolute Gasteiger partial charge is 0.133 e. The molecule has 132 valence electrons. The summed E-state index contributed by atoms with van der Waals surface area (Å²) < 4.78 is 12.1. The monoisotopic (exact) mass is 330 g/mol. The van der Waals surface area contributed by atoms with Crippen molar-refractivity contribution in [1.29, 1.82) is 0 Å². The first-order valence-corrected chi connectivity index (χ1v) is 9.37. The minimum absolute atomic E-state index is 0.227. The van der Waals surface area contributed by atoms with Gasteiger partial charge in [0.2, 0.25) is 0 Å². The Hall–Kier alpha value is -1.51. The molecule has 0 spiro atoms. The summed E-state index contributed by atoms with van der Waals surface area (Å²) >= 11 is 0. The molecule has 1 aliphatic carbocycles. The molecule has 1 heterocycles. The van der Waals surface area contributed by atoms with Gasteiger partial charge in [-0.05, 0) is 50.8 Å². The fourth-order valence-corrected chi connectivity index (χ4v) is 4.50. The molecule has 0 amide bonds. The van der Waals surface area contributed by atoms with E-state index in [1.807, 2.05) is 0 Å². The Morgan fingerprint density at radius 2 is 2.08 bits per heavy atom. The normalized spacial score (nSPS) is 24.8. The standard InChI is InChI=1S/C21H30O3/c1-5-6-7-8-14-11-18(23-4)20-16-13-15(22)9-10-17(16)21(2,3)24-19(20)12-14/h11-12,16-17H,5-10,13H2,1-4H3/t16-,17-/m0/s1. The van der Waals surface area contributed by atoms with Crippen molar-refractivity contribution in [3.05, 3.63) is 23.3 Å². The number of aryl methyl sites for hydroxylation is 1. The Morgan fingerprint density at radius 1 is 1.29 bits per heavy atom. The zero-order chi connectivity index (χ0) is 17.3. The second-order valence-electron chi connectivity index (χ2n) is 7.87. The van der Waals surface area contributed by atoms with Crippen LogP contribution in [0.1, 0.15) is 76.3 Å². The topological polar surface area (TPSA) is 35.5 Å². The SMILES string of the molecule is CCCCCc1cc(OC)c2c(c1)OC(C)(C)[C@H]1CCC(=O)C[C@H]21. The maximum Gasteiger partial charge on any atom is 0.133 e. The molecule has 1 aliphatic heterocycles. The summed E-state index contributed by atoms with van der Waals surface area (Å²) in [6, 6.07) is 4.34. The van der Waals surface area contributed by atoms with Gasteiger partial charge in [0.15, 0.2) is 0 Å². The summed E-state index contributed by atoms with van der Waals surface area (Å²) in [4.78, 5) is 12.1. The second kappa shape index (κ2) is 6.78. The van der Waals surface area contributed by atoms with Crippen LogP contribution in [-0.4, -0.2) is 18.5 Å². The number of Topliss-reactive ketones (excluding diaryl/α,β-unsaturated/α-hetero) is 1. The number of ether oxygens (including phenoxy) is 2. The lowest BCUT2D eigenvalue weighted by molar-refractivity contribution is -0.124. The highest BCUT2D eigenvalue weighted by Crippen LogP contribution is 2.54. The van der Waals surface area contributed by atoms with Crippen LogP contribution in [0.2, 0.25) is 0 Å². The predicted molar refractivity (Wildman–Crippen MR) is 96.0 cm³/mol. The van der Waals surface area contributed by atoms with Crippen molar-refractivity contribution in [1.82, 2.24) is 0 Å². The van der Waals surface area contributed by atoms with Gasteiger partial charge in [-0.25, -0.2) is 0 Å². The Balaban J connectivity index is 2.00. The maximum atomic E-state index is 12.1. The van der Waals surface area contributed by atoms with Crippen molar-refractivity contribution >= 4 is 5.78 Å². The Bertz CT molecular complexity index is 618. The lowest BCUT2D eigenvalue weighted by Crippen LogP contribution is -2.47. The molecule has 24 heavy (non-hydrogen) atoms. The number of ketones is 1. The van der Waals surface area contributed by atoms with Crippen LogP contribution in [0.4, 0.5) is 0 Å². The van der Waals surface area contributed by atoms with Gasteiger partial charge in [-0.1, -0.05) is 19.8 Å². The lowest BCUT2D eigenvalue weighted by atomic mass is 9.66. The molecule has 0 saturated heterocycles. The minimum Gasteiger partial charge on any atom is -0.496 e. The van der Waals surface area contributed by atoms with Gasteiger partial charge >= 0.3 is 0 Å². The zero-order valence-corrected chi connectivity index (χ0v) is 15.5. The number of benzene rings is 1. The van der Waals surface area contributed by atoms with Gasteiger partial charge in [0.25, 0.3) is 0 Å². The van der Waals surface area contributed by atoms with Crippen LogP contribution in [-0.2, 0) is 11.2 Å². The van der Waals surface area contributed by atoms with Crippen LogP contribution in [0.3, 0.4) is 0 Å². The fourth-order valence-electron chi connectivity index (χ4n) is 4.50. The number of unbranched alkanes of at least 4 members (excludes halogenated alkanes) is 2. The predicted octanol–water partition coefficient (Wildman–Crippen LogP) is 5.05. The average molecular weight is 330 g/mol. The van der Waals surface area contributed by atoms with Gasteiger partial charge in [0.05, 0.1) is 7.11 Å². The molecule has 3 rings (SSSR count). The summed E-state index contributed by atoms with van der Waals surface area (Å²) in [5.41, 5.74) is 2.16. The van der Waals surface area contributed by atoms with E-state index in [0.717, 1.165) is 29.9 Å². The molecular weight excluding hydrogens is 300 g/mol. The van der Waals surface area contributed by atoms with Crippen molar-refractivity contribution in [2.75, 3.05) is 7.11 Å². The molecular formula is C21H30O3. The van der Waals surface area contributed by atoms with E-state index >= 15 is 0 Å². The molecule has 0 N–H and O–H groups in total. The molecule has 3 heteroatoms. The number of carbonyl (C=O) groups excluding carboxylic acids is 1. The molecule has 1 saturated carbocycles. The Labute approximate surface area is 145 Å². The number of fused-ring (bicyclic) bond motifs is 3. The number of methoxy groups -OCH3 is 1. The van der Waals surface area contributed by atoms with Crippen molar-refractivity contribution in [2.45, 2.75) is 77.2 Å². The van der Waals surface area contributed by atoms with Gasteiger partial charge in [-0.2, -0.15) is 0 Å². The number of hydrogen-bond acceptors (Lipinski definition) is 3. The van der Waals surface area contributed by atoms with Crippen molar-refractivity contribution in [3.8, 4) is 11.5 Å². The number of hydrogen-bond donors (Lipinski definition) is 0. The molecule has 2 atom stereocenters. The highest BCUT2D eigenvalue weighted by Gasteiger charge is 2.47. The van der Waals surface area contributed by atoms with E-state index in [4.69, 9.17) is 9.47 Å². The van der Waals surface area contributed by atoms with E-state index in [1.54, 1.807) is 7.11 Å². The van der Waals surface area contributed by atoms with E-state index in [2.05, 4.69) is 32.9 Å². The molecule has 0 radical (unpaired) electrons. The minimum atomic E-state index is -0.231. The molecule has 0 unspecified atom stereocenters. The van der Waals surface area contributed by atoms with E-state index in [-0.39, 0.29) is 11.5 Å². The summed E-state index contributed by atoms with van der Waals surface area (Å²) in [5.74, 6) is 2.81. The molecule has 3 nitrogen and oxygen atoms in total. The Kier molecular flexibility index (Phi) is 4.89. The fraction of sp³-hybridized carbons (Fsp3) is 0.667. The highest BCUT2D eigenvalue weighted by atomic mass is 16.5. The molecule has 1 aromatic carbocycles. The maximum absolute atomic E-state index is 12.1. The van der Waals surface area contributed by atoms with Crippen molar-refractivity contribution in [3.63, 3.8) is 0 Å². The first-order valence-electron chi connectivity index (χ1n) is 9.37. The van der Waals surface area contributed by atoms with Crippen molar-refractivity contribution in [2.24, 2.45) is 5.92 Å². The summed E-state index contributed by atoms with van der Waals surface area (Å²) in [5, 5.41) is 0. The van der Waals surface area contributed by atoms with Gasteiger partial charge in [0, 0.05) is 30.2 Å². The number of rotatable bonds is 5. The molecule has 2 aliphatic rings. The molecule has 0 aromatic heterocycles. The molecule has 0 bridgehead atoms.